The molecule has 0 aliphatic carbocycles. The minimum absolute atomic E-state index is 0.471. The molecule has 0 fully saturated rings. The van der Waals surface area contributed by atoms with Crippen molar-refractivity contribution in [2.45, 2.75) is 0 Å². The van der Waals surface area contributed by atoms with Gasteiger partial charge < -0.3 is 0 Å². The van der Waals surface area contributed by atoms with Crippen LogP contribution in [0.3, 0.4) is 0 Å². The third kappa shape index (κ3) is 1.97. The van der Waals surface area contributed by atoms with Gasteiger partial charge in [-0.05, 0) is 22.6 Å². The van der Waals surface area contributed by atoms with Gasteiger partial charge in [-0.15, -0.1) is 11.3 Å². The smallest absolute Gasteiger partial charge is 0.180 e. The third-order valence-corrected chi connectivity index (χ3v) is 3.35. The number of hydrogen-bond donors (Lipinski definition) is 0. The van der Waals surface area contributed by atoms with E-state index in [4.69, 9.17) is 11.6 Å². The van der Waals surface area contributed by atoms with E-state index >= 15 is 0 Å². The minimum atomic E-state index is 0.471. The fourth-order valence-electron chi connectivity index (χ4n) is 0.793. The van der Waals surface area contributed by atoms with E-state index in [0.717, 1.165) is 9.26 Å². The van der Waals surface area contributed by atoms with Crippen LogP contribution in [0, 0.1) is 3.57 Å². The van der Waals surface area contributed by atoms with Crippen LogP contribution in [0.2, 0.25) is 5.15 Å². The number of hydrogen-bond acceptors (Lipinski definition) is 4. The Morgan fingerprint density at radius 2 is 2.23 bits per heavy atom. The minimum Gasteiger partial charge on any atom is -0.241 e. The highest BCUT2D eigenvalue weighted by Crippen LogP contribution is 2.19. The fourth-order valence-corrected chi connectivity index (χ4v) is 1.71. The predicted molar refractivity (Wildman–Crippen MR) is 60.9 cm³/mol. The summed E-state index contributed by atoms with van der Waals surface area (Å²) in [5.74, 6) is 0.576. The van der Waals surface area contributed by atoms with E-state index in [1.54, 1.807) is 11.7 Å². The Morgan fingerprint density at radius 1 is 1.38 bits per heavy atom. The first kappa shape index (κ1) is 9.29. The molecule has 0 aromatic carbocycles. The normalized spacial score (nSPS) is 10.3. The molecular weight excluding hydrogens is 321 g/mol. The van der Waals surface area contributed by atoms with E-state index in [1.165, 1.54) is 11.3 Å². The van der Waals surface area contributed by atoms with Gasteiger partial charge in [0, 0.05) is 11.6 Å². The molecule has 0 saturated carbocycles. The van der Waals surface area contributed by atoms with E-state index in [0.29, 0.717) is 11.0 Å². The molecule has 0 N–H and O–H groups in total. The first-order valence-corrected chi connectivity index (χ1v) is 5.74. The fraction of sp³-hybridized carbons (Fsp3) is 0. The van der Waals surface area contributed by atoms with Crippen molar-refractivity contribution in [3.05, 3.63) is 25.8 Å². The maximum atomic E-state index is 5.85. The van der Waals surface area contributed by atoms with Gasteiger partial charge in [-0.25, -0.2) is 15.0 Å². The average molecular weight is 324 g/mol. The second kappa shape index (κ2) is 3.85. The Balaban J connectivity index is 2.49. The van der Waals surface area contributed by atoms with Gasteiger partial charge >= 0.3 is 0 Å². The molecule has 0 saturated heterocycles. The van der Waals surface area contributed by atoms with Crippen molar-refractivity contribution < 1.29 is 0 Å². The first-order chi connectivity index (χ1) is 6.27. The second-order valence-electron chi connectivity index (χ2n) is 2.21. The zero-order valence-electron chi connectivity index (χ0n) is 6.24. The molecule has 0 bridgehead atoms. The molecule has 2 heterocycles. The van der Waals surface area contributed by atoms with Crippen LogP contribution >= 0.6 is 45.5 Å². The monoisotopic (exact) mass is 323 g/mol. The van der Waals surface area contributed by atoms with E-state index < -0.39 is 0 Å². The molecule has 2 aromatic rings. The van der Waals surface area contributed by atoms with Crippen LogP contribution in [-0.4, -0.2) is 15.0 Å². The van der Waals surface area contributed by atoms with Crippen LogP contribution in [0.5, 0.6) is 0 Å². The van der Waals surface area contributed by atoms with Crippen LogP contribution in [0.15, 0.2) is 17.1 Å². The lowest BCUT2D eigenvalue weighted by atomic mass is 10.4. The molecule has 2 aromatic heterocycles. The van der Waals surface area contributed by atoms with E-state index in [-0.39, 0.29) is 0 Å². The van der Waals surface area contributed by atoms with Crippen molar-refractivity contribution in [3.8, 4) is 11.5 Å². The van der Waals surface area contributed by atoms with Crippen molar-refractivity contribution in [2.75, 3.05) is 0 Å². The zero-order valence-corrected chi connectivity index (χ0v) is 9.97. The van der Waals surface area contributed by atoms with Gasteiger partial charge in [0.15, 0.2) is 5.82 Å². The summed E-state index contributed by atoms with van der Waals surface area (Å²) in [6.45, 7) is 0. The molecular formula is C7H3ClIN3S. The van der Waals surface area contributed by atoms with Crippen LogP contribution in [0.25, 0.3) is 11.5 Å². The lowest BCUT2D eigenvalue weighted by Crippen LogP contribution is -1.90. The molecule has 13 heavy (non-hydrogen) atoms. The van der Waals surface area contributed by atoms with E-state index in [9.17, 15) is 0 Å². The molecule has 0 amide bonds. The number of rotatable bonds is 1. The molecule has 0 spiro atoms. The standard InChI is InChI=1S/C7H3ClIN3S/c8-6-4(9)1-10-7(12-6)5-2-13-3-11-5/h1-3H. The van der Waals surface area contributed by atoms with Gasteiger partial charge in [-0.1, -0.05) is 11.6 Å². The highest BCUT2D eigenvalue weighted by molar-refractivity contribution is 14.1. The van der Waals surface area contributed by atoms with Gasteiger partial charge in [-0.3, -0.25) is 0 Å². The SMILES string of the molecule is Clc1nc(-c2cscn2)ncc1I. The van der Waals surface area contributed by atoms with Crippen molar-refractivity contribution in [1.82, 2.24) is 15.0 Å². The molecule has 2 rings (SSSR count). The molecule has 0 atom stereocenters. The summed E-state index contributed by atoms with van der Waals surface area (Å²) in [5.41, 5.74) is 2.51. The van der Waals surface area contributed by atoms with Gasteiger partial charge in [0.25, 0.3) is 0 Å². The summed E-state index contributed by atoms with van der Waals surface area (Å²) in [7, 11) is 0. The highest BCUT2D eigenvalue weighted by atomic mass is 127. The van der Waals surface area contributed by atoms with E-state index in [2.05, 4.69) is 37.5 Å². The molecule has 0 aliphatic rings. The number of thiazole rings is 1. The van der Waals surface area contributed by atoms with Crippen LogP contribution in [0.4, 0.5) is 0 Å². The van der Waals surface area contributed by atoms with Crippen molar-refractivity contribution in [2.24, 2.45) is 0 Å². The van der Waals surface area contributed by atoms with Crippen molar-refractivity contribution in [3.63, 3.8) is 0 Å². The second-order valence-corrected chi connectivity index (χ2v) is 4.44. The number of halogens is 2. The summed E-state index contributed by atoms with van der Waals surface area (Å²) in [4.78, 5) is 12.3. The predicted octanol–water partition coefficient (Wildman–Crippen LogP) is 2.86. The molecule has 3 nitrogen and oxygen atoms in total. The Bertz CT molecular complexity index is 418. The summed E-state index contributed by atoms with van der Waals surface area (Å²) in [6.07, 6.45) is 1.69. The highest BCUT2D eigenvalue weighted by Gasteiger charge is 2.05. The maximum absolute atomic E-state index is 5.85. The van der Waals surface area contributed by atoms with E-state index in [1.807, 2.05) is 5.38 Å². The molecule has 0 unspecified atom stereocenters. The molecule has 0 aliphatic heterocycles. The van der Waals surface area contributed by atoms with Crippen LogP contribution < -0.4 is 0 Å². The first-order valence-electron chi connectivity index (χ1n) is 3.34. The van der Waals surface area contributed by atoms with Gasteiger partial charge in [0.2, 0.25) is 0 Å². The summed E-state index contributed by atoms with van der Waals surface area (Å²) < 4.78 is 0.846. The topological polar surface area (TPSA) is 38.7 Å². The van der Waals surface area contributed by atoms with Crippen molar-refractivity contribution >= 4 is 45.5 Å². The van der Waals surface area contributed by atoms with Gasteiger partial charge in [0.1, 0.15) is 10.8 Å². The van der Waals surface area contributed by atoms with Gasteiger partial charge in [0.05, 0.1) is 9.08 Å². The summed E-state index contributed by atoms with van der Waals surface area (Å²) in [5, 5.41) is 2.36. The Morgan fingerprint density at radius 3 is 2.85 bits per heavy atom. The molecule has 66 valence electrons. The van der Waals surface area contributed by atoms with Crippen LogP contribution in [0.1, 0.15) is 0 Å². The third-order valence-electron chi connectivity index (χ3n) is 1.36. The number of nitrogens with zero attached hydrogens (tertiary/aromatic N) is 3. The lowest BCUT2D eigenvalue weighted by molar-refractivity contribution is 1.14. The van der Waals surface area contributed by atoms with Crippen LogP contribution in [-0.2, 0) is 0 Å². The maximum Gasteiger partial charge on any atom is 0.180 e. The molecule has 0 radical (unpaired) electrons. The lowest BCUT2D eigenvalue weighted by Gasteiger charge is -1.96. The molecule has 6 heteroatoms. The Hall–Kier alpha value is -0.270. The number of aromatic nitrogens is 3. The zero-order chi connectivity index (χ0) is 9.26. The summed E-state index contributed by atoms with van der Waals surface area (Å²) in [6, 6.07) is 0. The quantitative estimate of drug-likeness (QED) is 0.598. The van der Waals surface area contributed by atoms with Crippen molar-refractivity contribution in [1.29, 1.82) is 0 Å². The average Bonchev–Trinajstić information content (AvgIpc) is 2.62. The Kier molecular flexibility index (Phi) is 2.75. The Labute approximate surface area is 97.4 Å². The largest absolute Gasteiger partial charge is 0.241 e. The summed E-state index contributed by atoms with van der Waals surface area (Å²) >= 11 is 9.44. The van der Waals surface area contributed by atoms with Gasteiger partial charge in [-0.2, -0.15) is 0 Å².